The molecule has 2 aliphatic heterocycles. The van der Waals surface area contributed by atoms with Crippen LogP contribution in [0.25, 0.3) is 0 Å². The van der Waals surface area contributed by atoms with Crippen LogP contribution in [0.5, 0.6) is 0 Å². The lowest BCUT2D eigenvalue weighted by Crippen LogP contribution is -2.39. The van der Waals surface area contributed by atoms with Gasteiger partial charge in [-0.1, -0.05) is 48.5 Å². The quantitative estimate of drug-likeness (QED) is 0.207. The molecule has 1 saturated heterocycles. The fourth-order valence-electron chi connectivity index (χ4n) is 4.63. The fourth-order valence-corrected chi connectivity index (χ4v) is 4.63. The van der Waals surface area contributed by atoms with E-state index in [-0.39, 0.29) is 24.0 Å². The molecule has 2 aromatic rings. The van der Waals surface area contributed by atoms with E-state index in [2.05, 4.69) is 75.9 Å². The Morgan fingerprint density at radius 3 is 2.44 bits per heavy atom. The predicted molar refractivity (Wildman–Crippen MR) is 151 cm³/mol. The van der Waals surface area contributed by atoms with E-state index < -0.39 is 0 Å². The smallest absolute Gasteiger partial charge is 0.191 e. The van der Waals surface area contributed by atoms with Crippen molar-refractivity contribution in [1.29, 1.82) is 0 Å². The molecule has 2 heterocycles. The lowest BCUT2D eigenvalue weighted by Gasteiger charge is -2.28. The van der Waals surface area contributed by atoms with Crippen LogP contribution in [0.1, 0.15) is 35.6 Å². The minimum absolute atomic E-state index is 0. The zero-order chi connectivity index (χ0) is 22.7. The van der Waals surface area contributed by atoms with Crippen LogP contribution in [0.15, 0.2) is 53.5 Å². The van der Waals surface area contributed by atoms with Gasteiger partial charge < -0.3 is 15.4 Å². The molecule has 2 N–H and O–H groups in total. The molecule has 1 fully saturated rings. The summed E-state index contributed by atoms with van der Waals surface area (Å²) in [7, 11) is 0. The van der Waals surface area contributed by atoms with E-state index >= 15 is 0 Å². The highest BCUT2D eigenvalue weighted by Crippen LogP contribution is 2.18. The van der Waals surface area contributed by atoms with Crippen molar-refractivity contribution in [3.63, 3.8) is 0 Å². The molecule has 0 aromatic heterocycles. The normalized spacial score (nSPS) is 17.0. The summed E-state index contributed by atoms with van der Waals surface area (Å²) in [6.45, 7) is 12.6. The predicted octanol–water partition coefficient (Wildman–Crippen LogP) is 3.64. The minimum Gasteiger partial charge on any atom is -0.379 e. The third-order valence-electron chi connectivity index (χ3n) is 6.52. The average Bonchev–Trinajstić information content (AvgIpc) is 2.86. The summed E-state index contributed by atoms with van der Waals surface area (Å²) in [6.07, 6.45) is 2.28. The average molecular weight is 578 g/mol. The number of fused-ring (bicyclic) bond motifs is 1. The molecule has 0 amide bonds. The standard InChI is InChI=1S/C27H39N5O.HI/c1-2-28-27(29-13-7-14-31-15-12-23-8-3-5-10-25(23)21-31)30-20-24-9-4-6-11-26(24)22-32-16-18-33-19-17-32;/h3-6,8-11H,2,7,12-22H2,1H3,(H2,28,29,30);1H. The Hall–Kier alpha value is -1.68. The maximum Gasteiger partial charge on any atom is 0.191 e. The number of hydrogen-bond acceptors (Lipinski definition) is 4. The third-order valence-corrected chi connectivity index (χ3v) is 6.52. The molecule has 7 heteroatoms. The lowest BCUT2D eigenvalue weighted by atomic mass is 10.00. The monoisotopic (exact) mass is 577 g/mol. The summed E-state index contributed by atoms with van der Waals surface area (Å²) in [5.41, 5.74) is 5.67. The molecule has 2 aromatic carbocycles. The van der Waals surface area contributed by atoms with Crippen LogP contribution in [0.3, 0.4) is 0 Å². The van der Waals surface area contributed by atoms with Gasteiger partial charge in [0.15, 0.2) is 5.96 Å². The van der Waals surface area contributed by atoms with Gasteiger partial charge in [-0.3, -0.25) is 9.80 Å². The molecule has 0 unspecified atom stereocenters. The second-order valence-electron chi connectivity index (χ2n) is 8.93. The summed E-state index contributed by atoms with van der Waals surface area (Å²) in [5, 5.41) is 6.94. The van der Waals surface area contributed by atoms with Gasteiger partial charge in [0.25, 0.3) is 0 Å². The highest BCUT2D eigenvalue weighted by atomic mass is 127. The summed E-state index contributed by atoms with van der Waals surface area (Å²) in [4.78, 5) is 9.92. The molecule has 0 atom stereocenters. The number of morpholine rings is 1. The number of nitrogens with zero attached hydrogens (tertiary/aromatic N) is 3. The Kier molecular flexibility index (Phi) is 11.6. The number of aliphatic imine (C=N–C) groups is 1. The van der Waals surface area contributed by atoms with E-state index in [9.17, 15) is 0 Å². The molecule has 0 saturated carbocycles. The van der Waals surface area contributed by atoms with Gasteiger partial charge in [-0.2, -0.15) is 0 Å². The van der Waals surface area contributed by atoms with Gasteiger partial charge in [-0.15, -0.1) is 24.0 Å². The molecule has 4 rings (SSSR count). The highest BCUT2D eigenvalue weighted by molar-refractivity contribution is 14.0. The van der Waals surface area contributed by atoms with Gasteiger partial charge in [0.2, 0.25) is 0 Å². The molecule has 0 bridgehead atoms. The van der Waals surface area contributed by atoms with E-state index in [1.165, 1.54) is 22.3 Å². The first-order valence-electron chi connectivity index (χ1n) is 12.5. The Balaban J connectivity index is 0.00000324. The molecular weight excluding hydrogens is 537 g/mol. The first kappa shape index (κ1) is 26.9. The van der Waals surface area contributed by atoms with Crippen molar-refractivity contribution in [1.82, 2.24) is 20.4 Å². The van der Waals surface area contributed by atoms with Crippen LogP contribution >= 0.6 is 24.0 Å². The van der Waals surface area contributed by atoms with Crippen LogP contribution in [-0.2, 0) is 30.8 Å². The summed E-state index contributed by atoms with van der Waals surface area (Å²) in [6, 6.07) is 17.5. The van der Waals surface area contributed by atoms with Gasteiger partial charge in [0.1, 0.15) is 0 Å². The Morgan fingerprint density at radius 2 is 1.65 bits per heavy atom. The molecule has 0 radical (unpaired) electrons. The molecule has 186 valence electrons. The van der Waals surface area contributed by atoms with E-state index in [0.29, 0.717) is 6.54 Å². The number of nitrogens with one attached hydrogen (secondary N) is 2. The van der Waals surface area contributed by atoms with Crippen molar-refractivity contribution in [2.75, 3.05) is 52.5 Å². The summed E-state index contributed by atoms with van der Waals surface area (Å²) < 4.78 is 5.49. The summed E-state index contributed by atoms with van der Waals surface area (Å²) >= 11 is 0. The van der Waals surface area contributed by atoms with Gasteiger partial charge in [0.05, 0.1) is 19.8 Å². The number of rotatable bonds is 9. The number of benzene rings is 2. The van der Waals surface area contributed by atoms with Crippen LogP contribution in [-0.4, -0.2) is 68.2 Å². The maximum atomic E-state index is 5.49. The number of hydrogen-bond donors (Lipinski definition) is 2. The zero-order valence-electron chi connectivity index (χ0n) is 20.5. The van der Waals surface area contributed by atoms with Crippen molar-refractivity contribution in [2.24, 2.45) is 4.99 Å². The topological polar surface area (TPSA) is 52.1 Å². The Morgan fingerprint density at radius 1 is 0.912 bits per heavy atom. The molecule has 0 spiro atoms. The van der Waals surface area contributed by atoms with Crippen molar-refractivity contribution >= 4 is 29.9 Å². The number of halogens is 1. The molecule has 34 heavy (non-hydrogen) atoms. The first-order chi connectivity index (χ1) is 16.3. The number of ether oxygens (including phenoxy) is 1. The van der Waals surface area contributed by atoms with Crippen LogP contribution in [0.4, 0.5) is 0 Å². The largest absolute Gasteiger partial charge is 0.379 e. The van der Waals surface area contributed by atoms with E-state index in [0.717, 1.165) is 84.4 Å². The van der Waals surface area contributed by atoms with Crippen molar-refractivity contribution in [3.8, 4) is 0 Å². The first-order valence-corrected chi connectivity index (χ1v) is 12.5. The lowest BCUT2D eigenvalue weighted by molar-refractivity contribution is 0.0341. The van der Waals surface area contributed by atoms with Gasteiger partial charge in [-0.05, 0) is 42.0 Å². The van der Waals surface area contributed by atoms with Crippen LogP contribution in [0, 0.1) is 0 Å². The van der Waals surface area contributed by atoms with Crippen LogP contribution < -0.4 is 10.6 Å². The van der Waals surface area contributed by atoms with Gasteiger partial charge in [0, 0.05) is 52.4 Å². The molecule has 6 nitrogen and oxygen atoms in total. The Labute approximate surface area is 222 Å². The van der Waals surface area contributed by atoms with Crippen molar-refractivity contribution in [2.45, 2.75) is 39.4 Å². The third kappa shape index (κ3) is 8.22. The van der Waals surface area contributed by atoms with Crippen molar-refractivity contribution < 1.29 is 4.74 Å². The minimum atomic E-state index is 0. The fraction of sp³-hybridized carbons (Fsp3) is 0.519. The van der Waals surface area contributed by atoms with E-state index in [4.69, 9.17) is 9.73 Å². The molecule has 2 aliphatic rings. The molecular formula is C27H40IN5O. The van der Waals surface area contributed by atoms with Crippen molar-refractivity contribution in [3.05, 3.63) is 70.8 Å². The van der Waals surface area contributed by atoms with Gasteiger partial charge in [-0.25, -0.2) is 4.99 Å². The SMILES string of the molecule is CCNC(=NCc1ccccc1CN1CCOCC1)NCCCN1CCc2ccccc2C1.I. The Bertz CT molecular complexity index is 900. The maximum absolute atomic E-state index is 5.49. The van der Waals surface area contributed by atoms with E-state index in [1.807, 2.05) is 0 Å². The molecule has 0 aliphatic carbocycles. The second-order valence-corrected chi connectivity index (χ2v) is 8.93. The zero-order valence-corrected chi connectivity index (χ0v) is 22.8. The number of guanidine groups is 1. The second kappa shape index (κ2) is 14.7. The summed E-state index contributed by atoms with van der Waals surface area (Å²) in [5.74, 6) is 0.905. The van der Waals surface area contributed by atoms with Gasteiger partial charge >= 0.3 is 0 Å². The van der Waals surface area contributed by atoms with E-state index in [1.54, 1.807) is 0 Å². The highest BCUT2D eigenvalue weighted by Gasteiger charge is 2.15. The van der Waals surface area contributed by atoms with Crippen LogP contribution in [0.2, 0.25) is 0 Å².